The Hall–Kier alpha value is -3.04. The van der Waals surface area contributed by atoms with Gasteiger partial charge in [-0.2, -0.15) is 5.26 Å². The number of ketones is 1. The molecule has 0 fully saturated rings. The molecule has 24 heavy (non-hydrogen) atoms. The molecule has 1 aromatic carbocycles. The molecule has 2 aromatic rings. The van der Waals surface area contributed by atoms with Crippen molar-refractivity contribution in [2.24, 2.45) is 5.92 Å². The van der Waals surface area contributed by atoms with E-state index in [4.69, 9.17) is 10.00 Å². The zero-order chi connectivity index (χ0) is 17.2. The third kappa shape index (κ3) is 5.30. The predicted octanol–water partition coefficient (Wildman–Crippen LogP) is 2.34. The minimum Gasteiger partial charge on any atom is -0.376 e. The lowest BCUT2D eigenvalue weighted by Crippen LogP contribution is -2.29. The third-order valence-corrected chi connectivity index (χ3v) is 3.23. The summed E-state index contributed by atoms with van der Waals surface area (Å²) in [5.41, 5.74) is 0.995. The number of nitrogens with one attached hydrogen (secondary N) is 1. The minimum absolute atomic E-state index is 0.000693. The maximum absolute atomic E-state index is 12.0. The first-order valence-electron chi connectivity index (χ1n) is 7.46. The van der Waals surface area contributed by atoms with E-state index < -0.39 is 17.6 Å². The highest BCUT2D eigenvalue weighted by atomic mass is 16.5. The smallest absolute Gasteiger partial charge is 0.250 e. The molecule has 1 heterocycles. The Morgan fingerprint density at radius 3 is 2.58 bits per heavy atom. The van der Waals surface area contributed by atoms with Crippen LogP contribution in [0.5, 0.6) is 0 Å². The molecule has 0 saturated carbocycles. The molecule has 0 bridgehead atoms. The van der Waals surface area contributed by atoms with E-state index in [-0.39, 0.29) is 13.0 Å². The molecule has 0 aliphatic carbocycles. The number of ether oxygens (including phenoxy) is 1. The van der Waals surface area contributed by atoms with Crippen molar-refractivity contribution in [2.45, 2.75) is 13.0 Å². The molecule has 1 atom stereocenters. The summed E-state index contributed by atoms with van der Waals surface area (Å²) in [4.78, 5) is 28.0. The monoisotopic (exact) mass is 323 g/mol. The number of Topliss-reactive ketones (excluding diaryl/α,β-unsaturated/α-hetero) is 1. The van der Waals surface area contributed by atoms with Crippen molar-refractivity contribution in [3.8, 4) is 6.07 Å². The van der Waals surface area contributed by atoms with Crippen LogP contribution in [0.4, 0.5) is 5.82 Å². The number of nitriles is 1. The Morgan fingerprint density at radius 2 is 1.92 bits per heavy atom. The van der Waals surface area contributed by atoms with Crippen molar-refractivity contribution in [3.05, 3.63) is 60.3 Å². The van der Waals surface area contributed by atoms with E-state index >= 15 is 0 Å². The van der Waals surface area contributed by atoms with Gasteiger partial charge in [-0.3, -0.25) is 9.59 Å². The lowest BCUT2D eigenvalue weighted by Gasteiger charge is -2.09. The normalized spacial score (nSPS) is 11.3. The van der Waals surface area contributed by atoms with Crippen LogP contribution < -0.4 is 5.32 Å². The highest BCUT2D eigenvalue weighted by Crippen LogP contribution is 2.08. The van der Waals surface area contributed by atoms with Crippen molar-refractivity contribution in [1.29, 1.82) is 5.26 Å². The highest BCUT2D eigenvalue weighted by molar-refractivity contribution is 6.09. The second-order valence-electron chi connectivity index (χ2n) is 5.02. The Kier molecular flexibility index (Phi) is 6.62. The average Bonchev–Trinajstić information content (AvgIpc) is 2.61. The van der Waals surface area contributed by atoms with Crippen LogP contribution in [0.2, 0.25) is 0 Å². The summed E-state index contributed by atoms with van der Waals surface area (Å²) >= 11 is 0. The van der Waals surface area contributed by atoms with Crippen LogP contribution in [0.25, 0.3) is 0 Å². The number of aromatic nitrogens is 1. The van der Waals surface area contributed by atoms with Gasteiger partial charge in [0.15, 0.2) is 11.7 Å². The fourth-order valence-corrected chi connectivity index (χ4v) is 1.99. The SMILES string of the molecule is N#CC(C(=O)CCOCc1ccccc1)C(=O)Nc1ccccn1. The fourth-order valence-electron chi connectivity index (χ4n) is 1.99. The molecule has 6 heteroatoms. The molecular weight excluding hydrogens is 306 g/mol. The van der Waals surface area contributed by atoms with Crippen LogP contribution in [0.15, 0.2) is 54.7 Å². The van der Waals surface area contributed by atoms with Crippen LogP contribution in [0.1, 0.15) is 12.0 Å². The van der Waals surface area contributed by atoms with Crippen molar-refractivity contribution in [3.63, 3.8) is 0 Å². The molecule has 6 nitrogen and oxygen atoms in total. The van der Waals surface area contributed by atoms with Gasteiger partial charge in [-0.05, 0) is 17.7 Å². The van der Waals surface area contributed by atoms with E-state index in [2.05, 4.69) is 10.3 Å². The van der Waals surface area contributed by atoms with E-state index in [1.807, 2.05) is 30.3 Å². The van der Waals surface area contributed by atoms with Gasteiger partial charge >= 0.3 is 0 Å². The second-order valence-corrected chi connectivity index (χ2v) is 5.02. The maximum Gasteiger partial charge on any atom is 0.250 e. The number of carbonyl (C=O) groups excluding carboxylic acids is 2. The molecule has 122 valence electrons. The summed E-state index contributed by atoms with van der Waals surface area (Å²) < 4.78 is 5.41. The number of amides is 1. The van der Waals surface area contributed by atoms with Gasteiger partial charge in [-0.1, -0.05) is 36.4 Å². The molecule has 1 amide bonds. The fraction of sp³-hybridized carbons (Fsp3) is 0.222. The third-order valence-electron chi connectivity index (χ3n) is 3.23. The molecule has 0 spiro atoms. The summed E-state index contributed by atoms with van der Waals surface area (Å²) in [6.45, 7) is 0.536. The Balaban J connectivity index is 1.78. The van der Waals surface area contributed by atoms with Crippen LogP contribution >= 0.6 is 0 Å². The summed E-state index contributed by atoms with van der Waals surface area (Å²) in [5.74, 6) is -2.22. The summed E-state index contributed by atoms with van der Waals surface area (Å²) in [6.07, 6.45) is 1.51. The van der Waals surface area contributed by atoms with E-state index in [9.17, 15) is 9.59 Å². The lowest BCUT2D eigenvalue weighted by molar-refractivity contribution is -0.129. The van der Waals surface area contributed by atoms with Crippen LogP contribution in [-0.4, -0.2) is 23.3 Å². The van der Waals surface area contributed by atoms with Gasteiger partial charge in [-0.25, -0.2) is 4.98 Å². The van der Waals surface area contributed by atoms with Crippen LogP contribution in [0, 0.1) is 17.2 Å². The number of pyridine rings is 1. The number of nitrogens with zero attached hydrogens (tertiary/aromatic N) is 2. The largest absolute Gasteiger partial charge is 0.376 e. The summed E-state index contributed by atoms with van der Waals surface area (Å²) in [7, 11) is 0. The summed E-state index contributed by atoms with van der Waals surface area (Å²) in [6, 6.07) is 16.3. The van der Waals surface area contributed by atoms with Gasteiger partial charge in [0.2, 0.25) is 0 Å². The number of benzene rings is 1. The first-order chi connectivity index (χ1) is 11.7. The van der Waals surface area contributed by atoms with Gasteiger partial charge < -0.3 is 10.1 Å². The van der Waals surface area contributed by atoms with Crippen molar-refractivity contribution in [1.82, 2.24) is 4.98 Å². The van der Waals surface area contributed by atoms with E-state index in [1.165, 1.54) is 6.20 Å². The van der Waals surface area contributed by atoms with E-state index in [1.54, 1.807) is 24.3 Å². The molecule has 0 aliphatic heterocycles. The standard InChI is InChI=1S/C18H17N3O3/c19-12-15(18(23)21-17-8-4-5-10-20-17)16(22)9-11-24-13-14-6-2-1-3-7-14/h1-8,10,15H,9,11,13H2,(H,20,21,23). The van der Waals surface area contributed by atoms with E-state index in [0.717, 1.165) is 5.56 Å². The number of anilines is 1. The van der Waals surface area contributed by atoms with Gasteiger partial charge in [0.1, 0.15) is 5.82 Å². The predicted molar refractivity (Wildman–Crippen MR) is 87.7 cm³/mol. The summed E-state index contributed by atoms with van der Waals surface area (Å²) in [5, 5.41) is 11.5. The molecule has 1 unspecified atom stereocenters. The number of rotatable bonds is 8. The van der Waals surface area contributed by atoms with Gasteiger partial charge in [0.25, 0.3) is 5.91 Å². The molecule has 0 aliphatic rings. The van der Waals surface area contributed by atoms with Gasteiger partial charge in [0, 0.05) is 12.6 Å². The lowest BCUT2D eigenvalue weighted by atomic mass is 10.0. The number of carbonyl (C=O) groups is 2. The zero-order valence-electron chi connectivity index (χ0n) is 13.0. The molecule has 0 radical (unpaired) electrons. The highest BCUT2D eigenvalue weighted by Gasteiger charge is 2.26. The zero-order valence-corrected chi connectivity index (χ0v) is 13.0. The molecule has 0 saturated heterocycles. The Bertz CT molecular complexity index is 711. The first-order valence-corrected chi connectivity index (χ1v) is 7.46. The second kappa shape index (κ2) is 9.18. The molecule has 2 rings (SSSR count). The van der Waals surface area contributed by atoms with Crippen molar-refractivity contribution < 1.29 is 14.3 Å². The van der Waals surface area contributed by atoms with Gasteiger partial charge in [-0.15, -0.1) is 0 Å². The van der Waals surface area contributed by atoms with Crippen LogP contribution in [-0.2, 0) is 20.9 Å². The van der Waals surface area contributed by atoms with E-state index in [0.29, 0.717) is 12.4 Å². The van der Waals surface area contributed by atoms with Crippen molar-refractivity contribution in [2.75, 3.05) is 11.9 Å². The Labute approximate surface area is 140 Å². The molecule has 1 aromatic heterocycles. The van der Waals surface area contributed by atoms with Crippen molar-refractivity contribution >= 4 is 17.5 Å². The average molecular weight is 323 g/mol. The van der Waals surface area contributed by atoms with Gasteiger partial charge in [0.05, 0.1) is 19.3 Å². The van der Waals surface area contributed by atoms with Crippen LogP contribution in [0.3, 0.4) is 0 Å². The quantitative estimate of drug-likeness (QED) is 0.594. The molecular formula is C18H17N3O3. The molecule has 1 N–H and O–H groups in total. The maximum atomic E-state index is 12.0. The minimum atomic E-state index is -1.37. The Morgan fingerprint density at radius 1 is 1.17 bits per heavy atom. The topological polar surface area (TPSA) is 92.1 Å². The number of hydrogen-bond acceptors (Lipinski definition) is 5. The first kappa shape index (κ1) is 17.3. The number of hydrogen-bond donors (Lipinski definition) is 1.